The highest BCUT2D eigenvalue weighted by molar-refractivity contribution is 6.30. The molecular formula is C18H20ClN3O2. The van der Waals surface area contributed by atoms with Gasteiger partial charge in [-0.1, -0.05) is 30.7 Å². The molecular weight excluding hydrogens is 326 g/mol. The van der Waals surface area contributed by atoms with E-state index in [1.165, 1.54) is 0 Å². The van der Waals surface area contributed by atoms with E-state index >= 15 is 0 Å². The van der Waals surface area contributed by atoms with E-state index in [0.29, 0.717) is 11.4 Å². The molecule has 2 aromatic rings. The van der Waals surface area contributed by atoms with Crippen LogP contribution in [-0.4, -0.2) is 25.3 Å². The van der Waals surface area contributed by atoms with Crippen molar-refractivity contribution in [1.29, 1.82) is 0 Å². The summed E-state index contributed by atoms with van der Waals surface area (Å²) in [5.74, 6) is 0.566. The number of hydrazone groups is 1. The molecule has 0 unspecified atom stereocenters. The van der Waals surface area contributed by atoms with E-state index in [0.717, 1.165) is 17.0 Å². The van der Waals surface area contributed by atoms with Crippen molar-refractivity contribution in [2.45, 2.75) is 19.4 Å². The van der Waals surface area contributed by atoms with Crippen LogP contribution >= 0.6 is 11.6 Å². The predicted octanol–water partition coefficient (Wildman–Crippen LogP) is 3.69. The Morgan fingerprint density at radius 2 is 2.04 bits per heavy atom. The third kappa shape index (κ3) is 5.28. The fourth-order valence-corrected chi connectivity index (χ4v) is 2.28. The van der Waals surface area contributed by atoms with Crippen molar-refractivity contribution < 1.29 is 9.53 Å². The molecule has 0 aliphatic heterocycles. The van der Waals surface area contributed by atoms with Crippen molar-refractivity contribution in [2.75, 3.05) is 12.4 Å². The SMILES string of the molecule is CC[C@@H](Nc1ccc(OC)cc1)C(=O)NN=Cc1cccc(Cl)c1. The van der Waals surface area contributed by atoms with Gasteiger partial charge in [-0.3, -0.25) is 4.79 Å². The van der Waals surface area contributed by atoms with E-state index in [4.69, 9.17) is 16.3 Å². The Balaban J connectivity index is 1.93. The minimum Gasteiger partial charge on any atom is -0.497 e. The number of nitrogens with zero attached hydrogens (tertiary/aromatic N) is 1. The number of carbonyl (C=O) groups is 1. The lowest BCUT2D eigenvalue weighted by molar-refractivity contribution is -0.121. The van der Waals surface area contributed by atoms with Gasteiger partial charge in [-0.2, -0.15) is 5.10 Å². The summed E-state index contributed by atoms with van der Waals surface area (Å²) in [5.41, 5.74) is 4.21. The number of nitrogens with one attached hydrogen (secondary N) is 2. The van der Waals surface area contributed by atoms with Crippen LogP contribution < -0.4 is 15.5 Å². The molecule has 126 valence electrons. The number of ether oxygens (including phenoxy) is 1. The summed E-state index contributed by atoms with van der Waals surface area (Å²) in [7, 11) is 1.61. The van der Waals surface area contributed by atoms with Gasteiger partial charge in [0.15, 0.2) is 0 Å². The Bertz CT molecular complexity index is 702. The number of halogens is 1. The fourth-order valence-electron chi connectivity index (χ4n) is 2.08. The molecule has 6 heteroatoms. The quantitative estimate of drug-likeness (QED) is 0.594. The van der Waals surface area contributed by atoms with Gasteiger partial charge in [0.1, 0.15) is 11.8 Å². The lowest BCUT2D eigenvalue weighted by Gasteiger charge is -2.16. The molecule has 5 nitrogen and oxygen atoms in total. The summed E-state index contributed by atoms with van der Waals surface area (Å²) in [6.45, 7) is 1.93. The maximum atomic E-state index is 12.2. The summed E-state index contributed by atoms with van der Waals surface area (Å²) in [6, 6.07) is 14.3. The van der Waals surface area contributed by atoms with Crippen molar-refractivity contribution in [3.05, 3.63) is 59.1 Å². The van der Waals surface area contributed by atoms with Crippen LogP contribution in [0.3, 0.4) is 0 Å². The standard InChI is InChI=1S/C18H20ClN3O2/c1-3-17(21-15-7-9-16(24-2)10-8-15)18(23)22-20-12-13-5-4-6-14(19)11-13/h4-12,17,21H,3H2,1-2H3,(H,22,23)/t17-/m1/s1. The highest BCUT2D eigenvalue weighted by atomic mass is 35.5. The molecule has 0 saturated carbocycles. The Labute approximate surface area is 146 Å². The minimum atomic E-state index is -0.380. The first-order chi connectivity index (χ1) is 11.6. The average molecular weight is 346 g/mol. The summed E-state index contributed by atoms with van der Waals surface area (Å²) >= 11 is 5.90. The Morgan fingerprint density at radius 1 is 1.29 bits per heavy atom. The van der Waals surface area contributed by atoms with Gasteiger partial charge in [-0.05, 0) is 48.4 Å². The lowest BCUT2D eigenvalue weighted by atomic mass is 10.2. The second-order valence-electron chi connectivity index (χ2n) is 5.12. The fraction of sp³-hybridized carbons (Fsp3) is 0.222. The van der Waals surface area contributed by atoms with E-state index in [1.807, 2.05) is 43.3 Å². The molecule has 0 spiro atoms. The van der Waals surface area contributed by atoms with Crippen LogP contribution in [0.4, 0.5) is 5.69 Å². The lowest BCUT2D eigenvalue weighted by Crippen LogP contribution is -2.36. The summed E-state index contributed by atoms with van der Waals surface area (Å²) < 4.78 is 5.12. The molecule has 1 atom stereocenters. The van der Waals surface area contributed by atoms with Gasteiger partial charge in [0.25, 0.3) is 5.91 Å². The number of benzene rings is 2. The van der Waals surface area contributed by atoms with Crippen LogP contribution in [0.25, 0.3) is 0 Å². The zero-order valence-electron chi connectivity index (χ0n) is 13.6. The molecule has 2 N–H and O–H groups in total. The average Bonchev–Trinajstić information content (AvgIpc) is 2.60. The second kappa shape index (κ2) is 8.93. The first-order valence-electron chi connectivity index (χ1n) is 7.61. The van der Waals surface area contributed by atoms with Crippen LogP contribution in [0.1, 0.15) is 18.9 Å². The molecule has 1 amide bonds. The van der Waals surface area contributed by atoms with Gasteiger partial charge >= 0.3 is 0 Å². The van der Waals surface area contributed by atoms with Crippen molar-refractivity contribution in [3.63, 3.8) is 0 Å². The minimum absolute atomic E-state index is 0.202. The van der Waals surface area contributed by atoms with Crippen LogP contribution in [0.15, 0.2) is 53.6 Å². The van der Waals surface area contributed by atoms with Gasteiger partial charge in [0, 0.05) is 10.7 Å². The van der Waals surface area contributed by atoms with Crippen molar-refractivity contribution in [3.8, 4) is 5.75 Å². The van der Waals surface area contributed by atoms with Crippen LogP contribution in [-0.2, 0) is 4.79 Å². The molecule has 0 radical (unpaired) electrons. The van der Waals surface area contributed by atoms with Crippen LogP contribution in [0.5, 0.6) is 5.75 Å². The molecule has 0 aromatic heterocycles. The zero-order valence-corrected chi connectivity index (χ0v) is 14.4. The monoisotopic (exact) mass is 345 g/mol. The largest absolute Gasteiger partial charge is 0.497 e. The van der Waals surface area contributed by atoms with Crippen molar-refractivity contribution in [1.82, 2.24) is 5.43 Å². The number of amides is 1. The molecule has 0 saturated heterocycles. The molecule has 2 aromatic carbocycles. The predicted molar refractivity (Wildman–Crippen MR) is 97.9 cm³/mol. The first kappa shape index (κ1) is 17.8. The number of hydrogen-bond donors (Lipinski definition) is 2. The van der Waals surface area contributed by atoms with E-state index < -0.39 is 0 Å². The normalized spacial score (nSPS) is 12.0. The Morgan fingerprint density at radius 3 is 2.67 bits per heavy atom. The molecule has 0 aliphatic carbocycles. The Kier molecular flexibility index (Phi) is 6.63. The Hall–Kier alpha value is -2.53. The maximum Gasteiger partial charge on any atom is 0.262 e. The smallest absolute Gasteiger partial charge is 0.262 e. The van der Waals surface area contributed by atoms with Gasteiger partial charge in [0.2, 0.25) is 0 Å². The number of methoxy groups -OCH3 is 1. The topological polar surface area (TPSA) is 62.7 Å². The maximum absolute atomic E-state index is 12.2. The van der Waals surface area contributed by atoms with E-state index in [1.54, 1.807) is 25.5 Å². The molecule has 0 fully saturated rings. The third-order valence-electron chi connectivity index (χ3n) is 3.39. The van der Waals surface area contributed by atoms with Crippen LogP contribution in [0, 0.1) is 0 Å². The van der Waals surface area contributed by atoms with Gasteiger partial charge in [-0.25, -0.2) is 5.43 Å². The van der Waals surface area contributed by atoms with Crippen molar-refractivity contribution >= 4 is 29.4 Å². The van der Waals surface area contributed by atoms with Gasteiger partial charge < -0.3 is 10.1 Å². The van der Waals surface area contributed by atoms with E-state index in [9.17, 15) is 4.79 Å². The third-order valence-corrected chi connectivity index (χ3v) is 3.63. The number of rotatable bonds is 7. The van der Waals surface area contributed by atoms with Gasteiger partial charge in [-0.15, -0.1) is 0 Å². The first-order valence-corrected chi connectivity index (χ1v) is 7.99. The molecule has 0 heterocycles. The summed E-state index contributed by atoms with van der Waals surface area (Å²) in [6.07, 6.45) is 2.19. The summed E-state index contributed by atoms with van der Waals surface area (Å²) in [5, 5.41) is 7.78. The van der Waals surface area contributed by atoms with E-state index in [-0.39, 0.29) is 11.9 Å². The van der Waals surface area contributed by atoms with Crippen LogP contribution in [0.2, 0.25) is 5.02 Å². The van der Waals surface area contributed by atoms with Gasteiger partial charge in [0.05, 0.1) is 13.3 Å². The highest BCUT2D eigenvalue weighted by Crippen LogP contribution is 2.16. The molecule has 24 heavy (non-hydrogen) atoms. The zero-order chi connectivity index (χ0) is 17.4. The number of carbonyl (C=O) groups excluding carboxylic acids is 1. The molecule has 0 bridgehead atoms. The second-order valence-corrected chi connectivity index (χ2v) is 5.56. The summed E-state index contributed by atoms with van der Waals surface area (Å²) in [4.78, 5) is 12.2. The molecule has 2 rings (SSSR count). The number of anilines is 1. The van der Waals surface area contributed by atoms with Crippen molar-refractivity contribution in [2.24, 2.45) is 5.10 Å². The molecule has 0 aliphatic rings. The van der Waals surface area contributed by atoms with E-state index in [2.05, 4.69) is 15.8 Å². The number of hydrogen-bond acceptors (Lipinski definition) is 4. The highest BCUT2D eigenvalue weighted by Gasteiger charge is 2.15.